The summed E-state index contributed by atoms with van der Waals surface area (Å²) < 4.78 is 0. The standard InChI is InChI=1S/C10H13Cl/c1-7-4-5-10(9(3)11)6-8(7)2/h4-6,9H,1-3H3. The monoisotopic (exact) mass is 168 g/mol. The molecule has 0 fully saturated rings. The highest BCUT2D eigenvalue weighted by Gasteiger charge is 2.01. The first kappa shape index (κ1) is 8.61. The molecular weight excluding hydrogens is 156 g/mol. The zero-order chi connectivity index (χ0) is 8.43. The van der Waals surface area contributed by atoms with Crippen LogP contribution in [-0.2, 0) is 0 Å². The summed E-state index contributed by atoms with van der Waals surface area (Å²) in [7, 11) is 0. The highest BCUT2D eigenvalue weighted by atomic mass is 35.5. The van der Waals surface area contributed by atoms with Crippen molar-refractivity contribution in [3.63, 3.8) is 0 Å². The maximum Gasteiger partial charge on any atom is 0.0557 e. The van der Waals surface area contributed by atoms with Crippen molar-refractivity contribution in [3.8, 4) is 0 Å². The summed E-state index contributed by atoms with van der Waals surface area (Å²) in [6, 6.07) is 6.34. The zero-order valence-corrected chi connectivity index (χ0v) is 7.94. The normalized spacial score (nSPS) is 13.1. The van der Waals surface area contributed by atoms with Crippen molar-refractivity contribution in [2.24, 2.45) is 0 Å². The van der Waals surface area contributed by atoms with Crippen molar-refractivity contribution in [1.29, 1.82) is 0 Å². The molecule has 1 atom stereocenters. The lowest BCUT2D eigenvalue weighted by atomic mass is 10.1. The molecule has 0 aliphatic rings. The predicted molar refractivity (Wildman–Crippen MR) is 50.2 cm³/mol. The highest BCUT2D eigenvalue weighted by molar-refractivity contribution is 6.20. The smallest absolute Gasteiger partial charge is 0.0557 e. The molecule has 0 radical (unpaired) electrons. The Kier molecular flexibility index (Phi) is 2.56. The Hall–Kier alpha value is -0.490. The van der Waals surface area contributed by atoms with Gasteiger partial charge in [-0.1, -0.05) is 18.2 Å². The van der Waals surface area contributed by atoms with Crippen LogP contribution in [0.1, 0.15) is 29.0 Å². The van der Waals surface area contributed by atoms with Crippen molar-refractivity contribution in [1.82, 2.24) is 0 Å². The van der Waals surface area contributed by atoms with Gasteiger partial charge in [-0.2, -0.15) is 0 Å². The quantitative estimate of drug-likeness (QED) is 0.562. The highest BCUT2D eigenvalue weighted by Crippen LogP contribution is 2.21. The number of hydrogen-bond donors (Lipinski definition) is 0. The lowest BCUT2D eigenvalue weighted by Gasteiger charge is -2.05. The van der Waals surface area contributed by atoms with Crippen molar-refractivity contribution in [2.45, 2.75) is 26.1 Å². The average Bonchev–Trinajstić information content (AvgIpc) is 1.94. The molecule has 1 unspecified atom stereocenters. The number of halogens is 1. The minimum atomic E-state index is 0.120. The zero-order valence-electron chi connectivity index (χ0n) is 7.19. The van der Waals surface area contributed by atoms with Crippen molar-refractivity contribution in [2.75, 3.05) is 0 Å². The molecule has 0 aromatic heterocycles. The maximum atomic E-state index is 5.93. The summed E-state index contributed by atoms with van der Waals surface area (Å²) in [5.41, 5.74) is 3.84. The third-order valence-electron chi connectivity index (χ3n) is 1.99. The van der Waals surface area contributed by atoms with Gasteiger partial charge in [0.15, 0.2) is 0 Å². The molecule has 1 aromatic carbocycles. The number of rotatable bonds is 1. The lowest BCUT2D eigenvalue weighted by molar-refractivity contribution is 1.07. The van der Waals surface area contributed by atoms with E-state index in [4.69, 9.17) is 11.6 Å². The van der Waals surface area contributed by atoms with Gasteiger partial charge in [-0.05, 0) is 37.5 Å². The van der Waals surface area contributed by atoms with E-state index in [0.29, 0.717) is 0 Å². The number of aryl methyl sites for hydroxylation is 2. The van der Waals surface area contributed by atoms with Gasteiger partial charge in [0.2, 0.25) is 0 Å². The van der Waals surface area contributed by atoms with E-state index >= 15 is 0 Å². The number of alkyl halides is 1. The molecule has 11 heavy (non-hydrogen) atoms. The van der Waals surface area contributed by atoms with Crippen molar-refractivity contribution < 1.29 is 0 Å². The van der Waals surface area contributed by atoms with Gasteiger partial charge >= 0.3 is 0 Å². The predicted octanol–water partition coefficient (Wildman–Crippen LogP) is 3.60. The van der Waals surface area contributed by atoms with Gasteiger partial charge in [0.25, 0.3) is 0 Å². The molecule has 0 bridgehead atoms. The van der Waals surface area contributed by atoms with Crippen LogP contribution in [0.2, 0.25) is 0 Å². The first-order chi connectivity index (χ1) is 5.11. The third-order valence-corrected chi connectivity index (χ3v) is 2.24. The van der Waals surface area contributed by atoms with Crippen LogP contribution in [0.25, 0.3) is 0 Å². The first-order valence-corrected chi connectivity index (χ1v) is 4.26. The van der Waals surface area contributed by atoms with Gasteiger partial charge in [0.1, 0.15) is 0 Å². The minimum absolute atomic E-state index is 0.120. The van der Waals surface area contributed by atoms with Crippen LogP contribution in [0.5, 0.6) is 0 Å². The van der Waals surface area contributed by atoms with Crippen molar-refractivity contribution >= 4 is 11.6 Å². The van der Waals surface area contributed by atoms with Crippen LogP contribution < -0.4 is 0 Å². The molecular formula is C10H13Cl. The Morgan fingerprint density at radius 3 is 2.27 bits per heavy atom. The van der Waals surface area contributed by atoms with E-state index in [0.717, 1.165) is 0 Å². The molecule has 0 aliphatic heterocycles. The second kappa shape index (κ2) is 3.27. The molecule has 1 heteroatoms. The summed E-state index contributed by atoms with van der Waals surface area (Å²) >= 11 is 5.93. The summed E-state index contributed by atoms with van der Waals surface area (Å²) in [6.45, 7) is 6.21. The number of hydrogen-bond acceptors (Lipinski definition) is 0. The molecule has 60 valence electrons. The largest absolute Gasteiger partial charge is 0.118 e. The summed E-state index contributed by atoms with van der Waals surface area (Å²) in [6.07, 6.45) is 0. The maximum absolute atomic E-state index is 5.93. The van der Waals surface area contributed by atoms with Crippen LogP contribution in [0.4, 0.5) is 0 Å². The van der Waals surface area contributed by atoms with E-state index in [9.17, 15) is 0 Å². The molecule has 0 saturated heterocycles. The van der Waals surface area contributed by atoms with E-state index in [-0.39, 0.29) is 5.38 Å². The van der Waals surface area contributed by atoms with Crippen LogP contribution in [-0.4, -0.2) is 0 Å². The Balaban J connectivity index is 3.05. The Labute approximate surface area is 73.2 Å². The molecule has 0 heterocycles. The Bertz CT molecular complexity index is 251. The molecule has 0 aliphatic carbocycles. The molecule has 0 nitrogen and oxygen atoms in total. The minimum Gasteiger partial charge on any atom is -0.118 e. The summed E-state index contributed by atoms with van der Waals surface area (Å²) in [4.78, 5) is 0. The number of benzene rings is 1. The van der Waals surface area contributed by atoms with E-state index in [1.54, 1.807) is 0 Å². The second-order valence-electron chi connectivity index (χ2n) is 2.96. The first-order valence-electron chi connectivity index (χ1n) is 3.82. The van der Waals surface area contributed by atoms with Gasteiger partial charge in [-0.15, -0.1) is 11.6 Å². The van der Waals surface area contributed by atoms with E-state index in [1.165, 1.54) is 16.7 Å². The van der Waals surface area contributed by atoms with Gasteiger partial charge in [-0.25, -0.2) is 0 Å². The van der Waals surface area contributed by atoms with Gasteiger partial charge in [0, 0.05) is 0 Å². The van der Waals surface area contributed by atoms with E-state index in [1.807, 2.05) is 6.92 Å². The molecule has 0 saturated carbocycles. The Morgan fingerprint density at radius 1 is 1.18 bits per heavy atom. The topological polar surface area (TPSA) is 0 Å². The van der Waals surface area contributed by atoms with E-state index in [2.05, 4.69) is 32.0 Å². The van der Waals surface area contributed by atoms with Gasteiger partial charge in [-0.3, -0.25) is 0 Å². The van der Waals surface area contributed by atoms with E-state index < -0.39 is 0 Å². The molecule has 1 rings (SSSR count). The van der Waals surface area contributed by atoms with Crippen molar-refractivity contribution in [3.05, 3.63) is 34.9 Å². The molecule has 0 spiro atoms. The fourth-order valence-corrected chi connectivity index (χ4v) is 1.15. The fraction of sp³-hybridized carbons (Fsp3) is 0.400. The third kappa shape index (κ3) is 1.97. The van der Waals surface area contributed by atoms with Gasteiger partial charge in [0.05, 0.1) is 5.38 Å². The van der Waals surface area contributed by atoms with Crippen LogP contribution in [0.3, 0.4) is 0 Å². The van der Waals surface area contributed by atoms with Crippen LogP contribution >= 0.6 is 11.6 Å². The van der Waals surface area contributed by atoms with Crippen LogP contribution in [0.15, 0.2) is 18.2 Å². The van der Waals surface area contributed by atoms with Gasteiger partial charge < -0.3 is 0 Å². The summed E-state index contributed by atoms with van der Waals surface area (Å²) in [5, 5.41) is 0.120. The fourth-order valence-electron chi connectivity index (χ4n) is 1.01. The summed E-state index contributed by atoms with van der Waals surface area (Å²) in [5.74, 6) is 0. The SMILES string of the molecule is Cc1ccc(C(C)Cl)cc1C. The molecule has 0 amide bonds. The molecule has 0 N–H and O–H groups in total. The van der Waals surface area contributed by atoms with Crippen LogP contribution in [0, 0.1) is 13.8 Å². The molecule has 1 aromatic rings. The second-order valence-corrected chi connectivity index (χ2v) is 3.61. The lowest BCUT2D eigenvalue weighted by Crippen LogP contribution is -1.87. The average molecular weight is 169 g/mol. The Morgan fingerprint density at radius 2 is 1.82 bits per heavy atom.